The number of piperidine rings is 1. The smallest absolute Gasteiger partial charge is 0.191 e. The molecule has 0 bridgehead atoms. The van der Waals surface area contributed by atoms with Gasteiger partial charge < -0.3 is 15.4 Å². The quantitative estimate of drug-likeness (QED) is 0.490. The van der Waals surface area contributed by atoms with Crippen LogP contribution in [0.5, 0.6) is 5.75 Å². The molecule has 2 heterocycles. The first-order chi connectivity index (χ1) is 14.7. The number of rotatable bonds is 9. The number of benzene rings is 1. The zero-order valence-electron chi connectivity index (χ0n) is 18.6. The topological polar surface area (TPSA) is 66.7 Å². The van der Waals surface area contributed by atoms with Crippen molar-refractivity contribution in [3.05, 3.63) is 47.8 Å². The third-order valence-electron chi connectivity index (χ3n) is 5.49. The van der Waals surface area contributed by atoms with Crippen LogP contribution in [0.1, 0.15) is 43.4 Å². The van der Waals surface area contributed by atoms with Gasteiger partial charge in [-0.25, -0.2) is 0 Å². The molecule has 7 nitrogen and oxygen atoms in total. The minimum Gasteiger partial charge on any atom is -0.497 e. The van der Waals surface area contributed by atoms with Gasteiger partial charge in [0.25, 0.3) is 0 Å². The third-order valence-corrected chi connectivity index (χ3v) is 5.49. The number of hydrogen-bond acceptors (Lipinski definition) is 4. The summed E-state index contributed by atoms with van der Waals surface area (Å²) < 4.78 is 7.30. The first-order valence-electron chi connectivity index (χ1n) is 11.1. The first kappa shape index (κ1) is 22.2. The predicted molar refractivity (Wildman–Crippen MR) is 122 cm³/mol. The van der Waals surface area contributed by atoms with Crippen LogP contribution < -0.4 is 15.4 Å². The van der Waals surface area contributed by atoms with Crippen LogP contribution in [0.25, 0.3) is 0 Å². The zero-order chi connectivity index (χ0) is 21.2. The second-order valence-electron chi connectivity index (χ2n) is 7.81. The molecule has 3 rings (SSSR count). The van der Waals surface area contributed by atoms with Gasteiger partial charge in [-0.05, 0) is 63.0 Å². The summed E-state index contributed by atoms with van der Waals surface area (Å²) in [5.74, 6) is 1.75. The highest BCUT2D eigenvalue weighted by molar-refractivity contribution is 5.79. The summed E-state index contributed by atoms with van der Waals surface area (Å²) in [5, 5.41) is 11.2. The lowest BCUT2D eigenvalue weighted by molar-refractivity contribution is 0.167. The highest BCUT2D eigenvalue weighted by Gasteiger charge is 2.22. The number of ether oxygens (including phenoxy) is 1. The van der Waals surface area contributed by atoms with Crippen LogP contribution in [-0.2, 0) is 6.54 Å². The van der Waals surface area contributed by atoms with Crippen molar-refractivity contribution < 1.29 is 4.74 Å². The van der Waals surface area contributed by atoms with E-state index in [1.54, 1.807) is 7.11 Å². The van der Waals surface area contributed by atoms with E-state index in [0.717, 1.165) is 51.0 Å². The number of likely N-dealkylation sites (tertiary alicyclic amines) is 1. The normalized spacial score (nSPS) is 16.3. The lowest BCUT2D eigenvalue weighted by Crippen LogP contribution is -2.40. The Balaban J connectivity index is 1.66. The van der Waals surface area contributed by atoms with Crippen molar-refractivity contribution >= 4 is 5.96 Å². The average molecular weight is 413 g/mol. The Morgan fingerprint density at radius 1 is 1.17 bits per heavy atom. The summed E-state index contributed by atoms with van der Waals surface area (Å²) in [4.78, 5) is 7.51. The molecule has 164 valence electrons. The Morgan fingerprint density at radius 2 is 1.93 bits per heavy atom. The monoisotopic (exact) mass is 412 g/mol. The number of aryl methyl sites for hydroxylation is 1. The van der Waals surface area contributed by atoms with Crippen LogP contribution in [0.4, 0.5) is 0 Å². The Bertz CT molecular complexity index is 779. The lowest BCUT2D eigenvalue weighted by atomic mass is 10.0. The van der Waals surface area contributed by atoms with Gasteiger partial charge in [-0.1, -0.05) is 18.6 Å². The molecule has 2 N–H and O–H groups in total. The second-order valence-corrected chi connectivity index (χ2v) is 7.81. The molecule has 30 heavy (non-hydrogen) atoms. The molecule has 0 radical (unpaired) electrons. The molecule has 0 spiro atoms. The molecule has 2 aromatic rings. The number of aliphatic imine (C=N–C) groups is 1. The van der Waals surface area contributed by atoms with Crippen molar-refractivity contribution in [1.82, 2.24) is 25.3 Å². The Morgan fingerprint density at radius 3 is 2.57 bits per heavy atom. The van der Waals surface area contributed by atoms with Gasteiger partial charge in [-0.15, -0.1) is 0 Å². The fraction of sp³-hybridized carbons (Fsp3) is 0.565. The van der Waals surface area contributed by atoms with E-state index in [4.69, 9.17) is 9.73 Å². The maximum atomic E-state index is 5.34. The first-order valence-corrected chi connectivity index (χ1v) is 11.1. The van der Waals surface area contributed by atoms with Crippen molar-refractivity contribution in [2.75, 3.05) is 39.8 Å². The van der Waals surface area contributed by atoms with E-state index in [-0.39, 0.29) is 6.04 Å². The van der Waals surface area contributed by atoms with Gasteiger partial charge in [0.05, 0.1) is 32.4 Å². The lowest BCUT2D eigenvalue weighted by Gasteiger charge is -2.34. The molecule has 1 unspecified atom stereocenters. The third kappa shape index (κ3) is 6.49. The minimum atomic E-state index is 0.278. The van der Waals surface area contributed by atoms with Crippen LogP contribution in [0.15, 0.2) is 41.7 Å². The van der Waals surface area contributed by atoms with Gasteiger partial charge in [0, 0.05) is 19.3 Å². The number of hydrogen-bond donors (Lipinski definition) is 2. The summed E-state index contributed by atoms with van der Waals surface area (Å²) in [5.41, 5.74) is 2.48. The summed E-state index contributed by atoms with van der Waals surface area (Å²) in [6.45, 7) is 9.58. The van der Waals surface area contributed by atoms with Crippen molar-refractivity contribution in [1.29, 1.82) is 0 Å². The fourth-order valence-electron chi connectivity index (χ4n) is 3.89. The number of methoxy groups -OCH3 is 1. The van der Waals surface area contributed by atoms with E-state index >= 15 is 0 Å². The molecular weight excluding hydrogens is 376 g/mol. The van der Waals surface area contributed by atoms with Gasteiger partial charge in [-0.2, -0.15) is 5.10 Å². The molecule has 0 aliphatic carbocycles. The fourth-order valence-corrected chi connectivity index (χ4v) is 3.89. The molecule has 1 saturated heterocycles. The maximum Gasteiger partial charge on any atom is 0.191 e. The average Bonchev–Trinajstić information content (AvgIpc) is 3.20. The molecule has 1 aliphatic heterocycles. The SMILES string of the molecule is CCNC(=NCC(c1ccc(OC)cc1)N1CCCCC1)NCCn1cc(C)cn1. The molecular formula is C23H36N6O. The standard InChI is InChI=1S/C23H36N6O/c1-4-24-23(25-12-15-29-18-19(2)16-27-29)26-17-22(28-13-6-5-7-14-28)20-8-10-21(30-3)11-9-20/h8-11,16,18,22H,4-7,12-15,17H2,1-3H3,(H2,24,25,26). The van der Waals surface area contributed by atoms with Crippen LogP contribution in [-0.4, -0.2) is 60.5 Å². The summed E-state index contributed by atoms with van der Waals surface area (Å²) in [7, 11) is 1.71. The highest BCUT2D eigenvalue weighted by Crippen LogP contribution is 2.26. The largest absolute Gasteiger partial charge is 0.497 e. The molecule has 1 aromatic carbocycles. The molecule has 7 heteroatoms. The van der Waals surface area contributed by atoms with Gasteiger partial charge in [0.15, 0.2) is 5.96 Å². The van der Waals surface area contributed by atoms with Crippen LogP contribution >= 0.6 is 0 Å². The van der Waals surface area contributed by atoms with E-state index in [0.29, 0.717) is 0 Å². The van der Waals surface area contributed by atoms with Crippen molar-refractivity contribution in [2.24, 2.45) is 4.99 Å². The van der Waals surface area contributed by atoms with Gasteiger partial charge in [0.2, 0.25) is 0 Å². The highest BCUT2D eigenvalue weighted by atomic mass is 16.5. The molecule has 1 aliphatic rings. The molecule has 1 atom stereocenters. The molecule has 0 saturated carbocycles. The van der Waals surface area contributed by atoms with Crippen LogP contribution in [0.3, 0.4) is 0 Å². The van der Waals surface area contributed by atoms with Gasteiger partial charge >= 0.3 is 0 Å². The minimum absolute atomic E-state index is 0.278. The van der Waals surface area contributed by atoms with Crippen LogP contribution in [0, 0.1) is 6.92 Å². The van der Waals surface area contributed by atoms with E-state index < -0.39 is 0 Å². The van der Waals surface area contributed by atoms with Crippen LogP contribution in [0.2, 0.25) is 0 Å². The van der Waals surface area contributed by atoms with Crippen molar-refractivity contribution in [2.45, 2.75) is 45.7 Å². The van der Waals surface area contributed by atoms with Gasteiger partial charge in [0.1, 0.15) is 5.75 Å². The number of nitrogens with one attached hydrogen (secondary N) is 2. The Kier molecular flexibility index (Phi) is 8.56. The summed E-state index contributed by atoms with van der Waals surface area (Å²) >= 11 is 0. The number of nitrogens with zero attached hydrogens (tertiary/aromatic N) is 4. The number of aromatic nitrogens is 2. The predicted octanol–water partition coefficient (Wildman–Crippen LogP) is 2.98. The molecule has 1 aromatic heterocycles. The maximum absolute atomic E-state index is 5.34. The Labute approximate surface area is 180 Å². The molecule has 1 fully saturated rings. The summed E-state index contributed by atoms with van der Waals surface area (Å²) in [6.07, 6.45) is 7.79. The Hall–Kier alpha value is -2.54. The van der Waals surface area contributed by atoms with E-state index in [1.807, 2.05) is 23.0 Å². The van der Waals surface area contributed by atoms with Crippen molar-refractivity contribution in [3.63, 3.8) is 0 Å². The zero-order valence-corrected chi connectivity index (χ0v) is 18.6. The van der Waals surface area contributed by atoms with E-state index in [9.17, 15) is 0 Å². The van der Waals surface area contributed by atoms with E-state index in [1.165, 1.54) is 30.4 Å². The second kappa shape index (κ2) is 11.6. The van der Waals surface area contributed by atoms with Gasteiger partial charge in [-0.3, -0.25) is 14.6 Å². The van der Waals surface area contributed by atoms with Crippen molar-refractivity contribution in [3.8, 4) is 5.75 Å². The van der Waals surface area contributed by atoms with E-state index in [2.05, 4.69) is 52.8 Å². The molecule has 0 amide bonds. The summed E-state index contributed by atoms with van der Waals surface area (Å²) in [6, 6.07) is 8.72. The number of guanidine groups is 1.